The third-order valence-electron chi connectivity index (χ3n) is 2.96. The Balaban J connectivity index is 1.97. The molecular weight excluding hydrogens is 355 g/mol. The molecule has 0 fully saturated rings. The average Bonchev–Trinajstić information content (AvgIpc) is 2.58. The van der Waals surface area contributed by atoms with E-state index in [0.717, 1.165) is 0 Å². The lowest BCUT2D eigenvalue weighted by molar-refractivity contribution is -0.118. The Morgan fingerprint density at radius 3 is 2.52 bits per heavy atom. The molecule has 0 spiro atoms. The number of amides is 1. The molecule has 0 aromatic heterocycles. The van der Waals surface area contributed by atoms with Gasteiger partial charge in [-0.05, 0) is 24.3 Å². The number of thioether (sulfide) groups is 1. The Hall–Kier alpha value is -2.48. The minimum atomic E-state index is -4.30. The van der Waals surface area contributed by atoms with E-state index < -0.39 is 17.8 Å². The number of para-hydroxylation sites is 2. The van der Waals surface area contributed by atoms with E-state index in [-0.39, 0.29) is 18.0 Å². The molecule has 0 saturated carbocycles. The van der Waals surface area contributed by atoms with Crippen molar-refractivity contribution >= 4 is 29.6 Å². The van der Waals surface area contributed by atoms with Crippen LogP contribution in [0.15, 0.2) is 53.4 Å². The van der Waals surface area contributed by atoms with Crippen LogP contribution in [-0.2, 0) is 4.79 Å². The zero-order valence-corrected chi connectivity index (χ0v) is 13.7. The van der Waals surface area contributed by atoms with Crippen LogP contribution < -0.4 is 10.1 Å². The minimum absolute atomic E-state index is 0.257. The predicted octanol–water partition coefficient (Wildman–Crippen LogP) is 4.17. The molecule has 0 heterocycles. The highest BCUT2D eigenvalue weighted by molar-refractivity contribution is 7.99. The molecule has 0 unspecified atom stereocenters. The van der Waals surface area contributed by atoms with Crippen molar-refractivity contribution in [2.75, 3.05) is 17.7 Å². The molecule has 132 valence electrons. The third-order valence-corrected chi connectivity index (χ3v) is 4.10. The monoisotopic (exact) mass is 369 g/mol. The summed E-state index contributed by atoms with van der Waals surface area (Å²) in [5, 5.41) is 2.51. The molecule has 2 aromatic carbocycles. The van der Waals surface area contributed by atoms with Gasteiger partial charge in [0.2, 0.25) is 0 Å². The molecular formula is C17H14F3NO3S. The van der Waals surface area contributed by atoms with Crippen LogP contribution in [0, 0.1) is 0 Å². The Morgan fingerprint density at radius 2 is 1.80 bits per heavy atom. The second kappa shape index (κ2) is 8.57. The molecule has 0 bridgehead atoms. The van der Waals surface area contributed by atoms with Gasteiger partial charge in [0.1, 0.15) is 5.75 Å². The van der Waals surface area contributed by atoms with Crippen molar-refractivity contribution in [2.24, 2.45) is 0 Å². The lowest BCUT2D eigenvalue weighted by Crippen LogP contribution is -2.21. The highest BCUT2D eigenvalue weighted by Gasteiger charge is 2.27. The summed E-state index contributed by atoms with van der Waals surface area (Å²) in [6.45, 7) is -0.372. The fourth-order valence-electron chi connectivity index (χ4n) is 1.89. The van der Waals surface area contributed by atoms with E-state index >= 15 is 0 Å². The molecule has 2 rings (SSSR count). The van der Waals surface area contributed by atoms with Crippen molar-refractivity contribution < 1.29 is 27.5 Å². The summed E-state index contributed by atoms with van der Waals surface area (Å²) < 4.78 is 42.4. The first kappa shape index (κ1) is 18.9. The topological polar surface area (TPSA) is 55.4 Å². The quantitative estimate of drug-likeness (QED) is 0.588. The van der Waals surface area contributed by atoms with Gasteiger partial charge in [-0.1, -0.05) is 24.3 Å². The Labute approximate surface area is 146 Å². The molecule has 0 aliphatic carbocycles. The summed E-state index contributed by atoms with van der Waals surface area (Å²) in [4.78, 5) is 23.2. The van der Waals surface area contributed by atoms with Gasteiger partial charge in [-0.25, -0.2) is 0 Å². The molecule has 1 amide bonds. The second-order valence-electron chi connectivity index (χ2n) is 4.89. The first-order valence-corrected chi connectivity index (χ1v) is 8.13. The number of aldehydes is 1. The molecule has 2 aromatic rings. The SMILES string of the molecule is O=Cc1ccccc1OCC(=O)Nc1ccccc1SCC(F)(F)F. The zero-order chi connectivity index (χ0) is 18.3. The molecule has 8 heteroatoms. The van der Waals surface area contributed by atoms with Crippen molar-refractivity contribution in [1.29, 1.82) is 0 Å². The highest BCUT2D eigenvalue weighted by atomic mass is 32.2. The van der Waals surface area contributed by atoms with Gasteiger partial charge in [0.25, 0.3) is 5.91 Å². The third kappa shape index (κ3) is 6.15. The molecule has 0 aliphatic rings. The number of carbonyl (C=O) groups excluding carboxylic acids is 2. The maximum atomic E-state index is 12.4. The van der Waals surface area contributed by atoms with E-state index in [1.807, 2.05) is 0 Å². The van der Waals surface area contributed by atoms with E-state index in [0.29, 0.717) is 28.5 Å². The molecule has 1 N–H and O–H groups in total. The van der Waals surface area contributed by atoms with Crippen LogP contribution in [0.25, 0.3) is 0 Å². The first-order chi connectivity index (χ1) is 11.9. The summed E-state index contributed by atoms with van der Waals surface area (Å²) in [5.74, 6) is -1.34. The van der Waals surface area contributed by atoms with Crippen molar-refractivity contribution in [2.45, 2.75) is 11.1 Å². The Bertz CT molecular complexity index is 750. The lowest BCUT2D eigenvalue weighted by Gasteiger charge is -2.12. The standard InChI is InChI=1S/C17H14F3NO3S/c18-17(19,20)11-25-15-8-4-2-6-13(15)21-16(23)10-24-14-7-3-1-5-12(14)9-22/h1-9H,10-11H2,(H,21,23). The molecule has 25 heavy (non-hydrogen) atoms. The minimum Gasteiger partial charge on any atom is -0.483 e. The first-order valence-electron chi connectivity index (χ1n) is 7.14. The predicted molar refractivity (Wildman–Crippen MR) is 89.2 cm³/mol. The number of halogens is 3. The normalized spacial score (nSPS) is 11.0. The number of carbonyl (C=O) groups is 2. The number of ether oxygens (including phenoxy) is 1. The van der Waals surface area contributed by atoms with Crippen molar-refractivity contribution in [3.63, 3.8) is 0 Å². The molecule has 0 aliphatic heterocycles. The molecule has 0 radical (unpaired) electrons. The van der Waals surface area contributed by atoms with Crippen LogP contribution in [0.4, 0.5) is 18.9 Å². The number of hydrogen-bond acceptors (Lipinski definition) is 4. The molecule has 0 saturated heterocycles. The smallest absolute Gasteiger partial charge is 0.398 e. The van der Waals surface area contributed by atoms with Crippen molar-refractivity contribution in [1.82, 2.24) is 0 Å². The Morgan fingerprint density at radius 1 is 1.12 bits per heavy atom. The number of benzene rings is 2. The fourth-order valence-corrected chi connectivity index (χ4v) is 2.66. The summed E-state index contributed by atoms with van der Waals surface area (Å²) in [5.41, 5.74) is 0.574. The molecule has 0 atom stereocenters. The molecule has 4 nitrogen and oxygen atoms in total. The maximum absolute atomic E-state index is 12.4. The van der Waals surface area contributed by atoms with Crippen LogP contribution in [-0.4, -0.2) is 30.7 Å². The number of rotatable bonds is 7. The average molecular weight is 369 g/mol. The van der Waals surface area contributed by atoms with E-state index in [1.165, 1.54) is 12.1 Å². The van der Waals surface area contributed by atoms with Gasteiger partial charge in [0.15, 0.2) is 12.9 Å². The summed E-state index contributed by atoms with van der Waals surface area (Å²) in [6.07, 6.45) is -3.69. The van der Waals surface area contributed by atoms with Gasteiger partial charge in [-0.3, -0.25) is 9.59 Å². The maximum Gasteiger partial charge on any atom is 0.398 e. The van der Waals surface area contributed by atoms with Crippen molar-refractivity contribution in [3.8, 4) is 5.75 Å². The number of hydrogen-bond donors (Lipinski definition) is 1. The number of alkyl halides is 3. The van der Waals surface area contributed by atoms with E-state index in [9.17, 15) is 22.8 Å². The van der Waals surface area contributed by atoms with E-state index in [1.54, 1.807) is 36.4 Å². The van der Waals surface area contributed by atoms with Gasteiger partial charge >= 0.3 is 6.18 Å². The zero-order valence-electron chi connectivity index (χ0n) is 12.9. The van der Waals surface area contributed by atoms with Gasteiger partial charge in [-0.15, -0.1) is 11.8 Å². The summed E-state index contributed by atoms with van der Waals surface area (Å²) in [7, 11) is 0. The van der Waals surface area contributed by atoms with E-state index in [2.05, 4.69) is 5.32 Å². The van der Waals surface area contributed by atoms with E-state index in [4.69, 9.17) is 4.74 Å². The van der Waals surface area contributed by atoms with Gasteiger partial charge in [-0.2, -0.15) is 13.2 Å². The highest BCUT2D eigenvalue weighted by Crippen LogP contribution is 2.32. The number of anilines is 1. The van der Waals surface area contributed by atoms with Crippen LogP contribution in [0.2, 0.25) is 0 Å². The summed E-state index contributed by atoms with van der Waals surface area (Å²) >= 11 is 0.590. The lowest BCUT2D eigenvalue weighted by atomic mass is 10.2. The second-order valence-corrected chi connectivity index (χ2v) is 5.91. The van der Waals surface area contributed by atoms with Crippen LogP contribution in [0.3, 0.4) is 0 Å². The van der Waals surface area contributed by atoms with Crippen LogP contribution in [0.5, 0.6) is 5.75 Å². The van der Waals surface area contributed by atoms with Gasteiger partial charge < -0.3 is 10.1 Å². The fraction of sp³-hybridized carbons (Fsp3) is 0.176. The van der Waals surface area contributed by atoms with Gasteiger partial charge in [0, 0.05) is 4.90 Å². The van der Waals surface area contributed by atoms with Crippen LogP contribution >= 0.6 is 11.8 Å². The summed E-state index contributed by atoms with van der Waals surface area (Å²) in [6, 6.07) is 12.6. The van der Waals surface area contributed by atoms with Gasteiger partial charge in [0.05, 0.1) is 17.0 Å². The van der Waals surface area contributed by atoms with Crippen molar-refractivity contribution in [3.05, 3.63) is 54.1 Å². The Kier molecular flexibility index (Phi) is 6.46. The number of nitrogens with one attached hydrogen (secondary N) is 1. The largest absolute Gasteiger partial charge is 0.483 e. The van der Waals surface area contributed by atoms with Crippen LogP contribution in [0.1, 0.15) is 10.4 Å².